The number of carbonyl (C=O) groups is 1. The van der Waals surface area contributed by atoms with E-state index in [0.717, 1.165) is 28.5 Å². The molecule has 0 radical (unpaired) electrons. The van der Waals surface area contributed by atoms with Crippen molar-refractivity contribution in [2.45, 2.75) is 5.92 Å². The van der Waals surface area contributed by atoms with E-state index in [-0.39, 0.29) is 11.7 Å². The molecule has 0 saturated heterocycles. The molecule has 0 spiro atoms. The number of ketones is 1. The maximum Gasteiger partial charge on any atom is 0.172 e. The van der Waals surface area contributed by atoms with Crippen molar-refractivity contribution in [3.63, 3.8) is 0 Å². The molecule has 1 aliphatic rings. The Bertz CT molecular complexity index is 1040. The number of pyridine rings is 1. The van der Waals surface area contributed by atoms with Gasteiger partial charge in [0.2, 0.25) is 0 Å². The molecule has 0 fully saturated rings. The van der Waals surface area contributed by atoms with Gasteiger partial charge >= 0.3 is 0 Å². The number of Topliss-reactive ketones (excluding diaryl/α,β-unsaturated/α-hetero) is 1. The number of benzene rings is 2. The summed E-state index contributed by atoms with van der Waals surface area (Å²) in [5, 5.41) is 6.55. The Hall–Kier alpha value is -3.74. The number of methoxy groups -OCH3 is 3. The highest BCUT2D eigenvalue weighted by molar-refractivity contribution is 6.03. The first-order chi connectivity index (χ1) is 14.6. The molecule has 1 aromatic heterocycles. The lowest BCUT2D eigenvalue weighted by atomic mass is 9.93. The van der Waals surface area contributed by atoms with Crippen molar-refractivity contribution >= 4 is 23.0 Å². The molecule has 0 bridgehead atoms. The second kappa shape index (κ2) is 8.32. The topological polar surface area (TPSA) is 81.7 Å². The Morgan fingerprint density at radius 2 is 1.60 bits per heavy atom. The van der Waals surface area contributed by atoms with Crippen LogP contribution in [0.3, 0.4) is 0 Å². The van der Waals surface area contributed by atoms with Crippen molar-refractivity contribution in [1.82, 2.24) is 4.98 Å². The fourth-order valence-electron chi connectivity index (χ4n) is 3.50. The molecule has 7 nitrogen and oxygen atoms in total. The zero-order chi connectivity index (χ0) is 21.1. The van der Waals surface area contributed by atoms with Gasteiger partial charge in [0.05, 0.1) is 39.1 Å². The van der Waals surface area contributed by atoms with Crippen LogP contribution in [0.1, 0.15) is 21.8 Å². The van der Waals surface area contributed by atoms with E-state index in [1.54, 1.807) is 45.7 Å². The molecule has 30 heavy (non-hydrogen) atoms. The van der Waals surface area contributed by atoms with Crippen LogP contribution in [0.4, 0.5) is 17.2 Å². The molecule has 4 rings (SSSR count). The number of aromatic nitrogens is 1. The van der Waals surface area contributed by atoms with E-state index in [1.165, 1.54) is 0 Å². The number of ether oxygens (including phenoxy) is 3. The van der Waals surface area contributed by atoms with E-state index in [2.05, 4.69) is 15.6 Å². The van der Waals surface area contributed by atoms with Gasteiger partial charge in [-0.25, -0.2) is 4.98 Å². The van der Waals surface area contributed by atoms with Crippen LogP contribution in [0.5, 0.6) is 17.2 Å². The van der Waals surface area contributed by atoms with Crippen LogP contribution in [0, 0.1) is 0 Å². The van der Waals surface area contributed by atoms with Crippen molar-refractivity contribution in [3.05, 3.63) is 65.9 Å². The minimum Gasteiger partial charge on any atom is -0.497 e. The number of nitrogens with zero attached hydrogens (tertiary/aromatic N) is 1. The zero-order valence-electron chi connectivity index (χ0n) is 17.1. The van der Waals surface area contributed by atoms with E-state index in [1.807, 2.05) is 30.3 Å². The first-order valence-electron chi connectivity index (χ1n) is 9.53. The monoisotopic (exact) mass is 405 g/mol. The van der Waals surface area contributed by atoms with Gasteiger partial charge < -0.3 is 24.8 Å². The molecule has 2 aromatic carbocycles. The van der Waals surface area contributed by atoms with Gasteiger partial charge in [-0.15, -0.1) is 0 Å². The summed E-state index contributed by atoms with van der Waals surface area (Å²) in [5.74, 6) is 2.32. The van der Waals surface area contributed by atoms with Gasteiger partial charge in [-0.1, -0.05) is 0 Å². The van der Waals surface area contributed by atoms with Gasteiger partial charge in [0, 0.05) is 29.4 Å². The van der Waals surface area contributed by atoms with Crippen molar-refractivity contribution in [1.29, 1.82) is 0 Å². The Morgan fingerprint density at radius 1 is 0.933 bits per heavy atom. The molecule has 2 N–H and O–H groups in total. The second-order valence-corrected chi connectivity index (χ2v) is 6.91. The summed E-state index contributed by atoms with van der Waals surface area (Å²) < 4.78 is 15.8. The molecular weight excluding hydrogens is 382 g/mol. The fraction of sp³-hybridized carbons (Fsp3) is 0.217. The quantitative estimate of drug-likeness (QED) is 0.569. The molecule has 0 amide bonds. The molecule has 0 saturated carbocycles. The molecule has 154 valence electrons. The molecule has 7 heteroatoms. The summed E-state index contributed by atoms with van der Waals surface area (Å²) in [6, 6.07) is 14.8. The average molecular weight is 405 g/mol. The minimum atomic E-state index is -0.345. The predicted molar refractivity (Wildman–Crippen MR) is 116 cm³/mol. The summed E-state index contributed by atoms with van der Waals surface area (Å²) in [5.41, 5.74) is 3.12. The van der Waals surface area contributed by atoms with Crippen molar-refractivity contribution < 1.29 is 19.0 Å². The van der Waals surface area contributed by atoms with Crippen LogP contribution in [0.2, 0.25) is 0 Å². The van der Waals surface area contributed by atoms with E-state index in [9.17, 15) is 4.79 Å². The van der Waals surface area contributed by atoms with Crippen molar-refractivity contribution in [2.75, 3.05) is 38.5 Å². The van der Waals surface area contributed by atoms with Crippen LogP contribution in [-0.4, -0.2) is 38.6 Å². The molecule has 0 aliphatic carbocycles. The standard InChI is InChI=1S/C23H23N3O4/c1-28-17-6-4-15(5-7-17)26-16-10-20-21(13-25-23(20)24-12-16)22(27)14-8-18(29-2)11-19(9-14)30-3/h4-12,21,26H,13H2,1-3H3,(H,24,25). The number of carbonyl (C=O) groups excluding carboxylic acids is 1. The number of nitrogens with one attached hydrogen (secondary N) is 2. The third-order valence-electron chi connectivity index (χ3n) is 5.10. The van der Waals surface area contributed by atoms with Gasteiger partial charge in [-0.3, -0.25) is 4.79 Å². The van der Waals surface area contributed by atoms with E-state index in [4.69, 9.17) is 14.2 Å². The third kappa shape index (κ3) is 3.87. The second-order valence-electron chi connectivity index (χ2n) is 6.91. The molecule has 2 heterocycles. The Balaban J connectivity index is 1.60. The molecule has 1 aliphatic heterocycles. The SMILES string of the molecule is COc1ccc(Nc2cnc3c(c2)C(C(=O)c2cc(OC)cc(OC)c2)CN3)cc1. The summed E-state index contributed by atoms with van der Waals surface area (Å²) in [7, 11) is 4.77. The van der Waals surface area contributed by atoms with Gasteiger partial charge in [0.25, 0.3) is 0 Å². The maximum absolute atomic E-state index is 13.3. The number of hydrogen-bond donors (Lipinski definition) is 2. The number of fused-ring (bicyclic) bond motifs is 1. The zero-order valence-corrected chi connectivity index (χ0v) is 17.1. The summed E-state index contributed by atoms with van der Waals surface area (Å²) in [4.78, 5) is 17.8. The Kier molecular flexibility index (Phi) is 5.43. The number of rotatable bonds is 7. The summed E-state index contributed by atoms with van der Waals surface area (Å²) in [6.45, 7) is 0.493. The maximum atomic E-state index is 13.3. The van der Waals surface area contributed by atoms with E-state index >= 15 is 0 Å². The average Bonchev–Trinajstić information content (AvgIpc) is 3.22. The van der Waals surface area contributed by atoms with Gasteiger partial charge in [0.1, 0.15) is 23.1 Å². The summed E-state index contributed by atoms with van der Waals surface area (Å²) in [6.07, 6.45) is 1.75. The predicted octanol–water partition coefficient (Wildman–Crippen LogP) is 4.24. The van der Waals surface area contributed by atoms with Crippen LogP contribution in [0.15, 0.2) is 54.7 Å². The van der Waals surface area contributed by atoms with Crippen molar-refractivity contribution in [2.24, 2.45) is 0 Å². The van der Waals surface area contributed by atoms with E-state index in [0.29, 0.717) is 23.6 Å². The largest absolute Gasteiger partial charge is 0.497 e. The minimum absolute atomic E-state index is 0.0122. The van der Waals surface area contributed by atoms with E-state index < -0.39 is 0 Å². The molecule has 1 atom stereocenters. The lowest BCUT2D eigenvalue weighted by Gasteiger charge is -2.13. The fourth-order valence-corrected chi connectivity index (χ4v) is 3.50. The van der Waals surface area contributed by atoms with Gasteiger partial charge in [-0.05, 0) is 42.5 Å². The normalized spacial score (nSPS) is 14.4. The summed E-state index contributed by atoms with van der Waals surface area (Å²) >= 11 is 0. The highest BCUT2D eigenvalue weighted by Gasteiger charge is 2.31. The third-order valence-corrected chi connectivity index (χ3v) is 5.10. The number of hydrogen-bond acceptors (Lipinski definition) is 7. The van der Waals surface area contributed by atoms with Crippen LogP contribution in [0.25, 0.3) is 0 Å². The van der Waals surface area contributed by atoms with Crippen LogP contribution in [-0.2, 0) is 0 Å². The van der Waals surface area contributed by atoms with Crippen LogP contribution >= 0.6 is 0 Å². The highest BCUT2D eigenvalue weighted by atomic mass is 16.5. The van der Waals surface area contributed by atoms with Gasteiger partial charge in [0.15, 0.2) is 5.78 Å². The first kappa shape index (κ1) is 19.6. The Labute approximate surface area is 175 Å². The molecule has 1 unspecified atom stereocenters. The van der Waals surface area contributed by atoms with Gasteiger partial charge in [-0.2, -0.15) is 0 Å². The lowest BCUT2D eigenvalue weighted by molar-refractivity contribution is 0.0966. The lowest BCUT2D eigenvalue weighted by Crippen LogP contribution is -2.15. The first-order valence-corrected chi connectivity index (χ1v) is 9.53. The molecule has 3 aromatic rings. The smallest absolute Gasteiger partial charge is 0.172 e. The Morgan fingerprint density at radius 3 is 2.23 bits per heavy atom. The van der Waals surface area contributed by atoms with Crippen LogP contribution < -0.4 is 24.8 Å². The van der Waals surface area contributed by atoms with Crippen molar-refractivity contribution in [3.8, 4) is 17.2 Å². The molecular formula is C23H23N3O4. The highest BCUT2D eigenvalue weighted by Crippen LogP contribution is 2.36. The number of anilines is 3.